The summed E-state index contributed by atoms with van der Waals surface area (Å²) in [6.07, 6.45) is 6.63. The molecule has 1 aliphatic carbocycles. The summed E-state index contributed by atoms with van der Waals surface area (Å²) in [6.45, 7) is 7.06. The predicted octanol–water partition coefficient (Wildman–Crippen LogP) is 4.81. The van der Waals surface area contributed by atoms with Gasteiger partial charge in [-0.3, -0.25) is 4.79 Å². The van der Waals surface area contributed by atoms with E-state index in [2.05, 4.69) is 16.4 Å². The smallest absolute Gasteiger partial charge is 0.336 e. The number of anilines is 1. The van der Waals surface area contributed by atoms with E-state index in [0.29, 0.717) is 53.8 Å². The third-order valence-corrected chi connectivity index (χ3v) is 12.9. The second kappa shape index (κ2) is 12.6. The number of nitrogens with one attached hydrogen (secondary N) is 1. The molecule has 3 aliphatic heterocycles. The van der Waals surface area contributed by atoms with Gasteiger partial charge in [0.1, 0.15) is 17.2 Å². The summed E-state index contributed by atoms with van der Waals surface area (Å²) in [4.78, 5) is 46.1. The molecular weight excluding hydrogens is 649 g/mol. The number of fused-ring (bicyclic) bond motifs is 7. The SMILES string of the molecule is C/C=C(\C)C(=O)O[C@]1(C)CC=C2CSSC[C@@H]3[C@@H](CNC)CN3C(=O)Cc3cnc(N)cc3[C@H]2[C@]12Cc1cc3ccc(=O)oc3cc1O2. The number of ether oxygens (including phenoxy) is 2. The van der Waals surface area contributed by atoms with Gasteiger partial charge in [0.15, 0.2) is 11.2 Å². The number of carbonyl (C=O) groups excluding carboxylic acids is 2. The van der Waals surface area contributed by atoms with E-state index >= 15 is 0 Å². The Hall–Kier alpha value is -3.74. The molecule has 4 aliphatic rings. The summed E-state index contributed by atoms with van der Waals surface area (Å²) in [5.74, 6) is 2.02. The van der Waals surface area contributed by atoms with Crippen molar-refractivity contribution in [1.29, 1.82) is 0 Å². The standard InChI is InChI=1S/C36H40N4O6S2/c1-5-20(2)34(43)46-35(3)9-8-22-18-47-48-19-27-25(15-38-4)17-40(27)31(41)11-24-16-39-30(37)12-26(24)33(22)36(35)14-23-10-21-6-7-32(42)44-28(21)13-29(23)45-36/h5-8,10,12-13,16,25,27,33,38H,9,11,14-15,17-19H2,1-4H3,(H2,37,39)/b20-5+/t25-,27+,33-,35+,36+/m0/s1. The zero-order chi connectivity index (χ0) is 33.8. The van der Waals surface area contributed by atoms with Crippen LogP contribution in [0.2, 0.25) is 0 Å². The first-order chi connectivity index (χ1) is 23.1. The van der Waals surface area contributed by atoms with Crippen molar-refractivity contribution in [2.45, 2.75) is 63.2 Å². The number of nitrogens with zero attached hydrogens (tertiary/aromatic N) is 2. The third-order valence-electron chi connectivity index (χ3n) is 10.5. The van der Waals surface area contributed by atoms with Crippen LogP contribution in [0.3, 0.4) is 0 Å². The lowest BCUT2D eigenvalue weighted by atomic mass is 9.61. The lowest BCUT2D eigenvalue weighted by Crippen LogP contribution is -2.64. The van der Waals surface area contributed by atoms with Gasteiger partial charge in [-0.1, -0.05) is 39.3 Å². The Morgan fingerprint density at radius 1 is 1.23 bits per heavy atom. The second-order valence-electron chi connectivity index (χ2n) is 13.4. The highest BCUT2D eigenvalue weighted by atomic mass is 33.1. The van der Waals surface area contributed by atoms with E-state index < -0.39 is 28.7 Å². The minimum atomic E-state index is -1.13. The molecular formula is C36H40N4O6S2. The van der Waals surface area contributed by atoms with E-state index in [-0.39, 0.29) is 18.4 Å². The summed E-state index contributed by atoms with van der Waals surface area (Å²) < 4.78 is 19.2. The zero-order valence-electron chi connectivity index (χ0n) is 27.5. The molecule has 7 rings (SSSR count). The lowest BCUT2D eigenvalue weighted by molar-refractivity contribution is -0.183. The first kappa shape index (κ1) is 32.8. The average molecular weight is 689 g/mol. The van der Waals surface area contributed by atoms with Crippen LogP contribution >= 0.6 is 21.6 Å². The molecule has 1 fully saturated rings. The van der Waals surface area contributed by atoms with Crippen LogP contribution in [0.25, 0.3) is 11.0 Å². The van der Waals surface area contributed by atoms with Crippen LogP contribution in [0.1, 0.15) is 49.8 Å². The lowest BCUT2D eigenvalue weighted by Gasteiger charge is -2.52. The van der Waals surface area contributed by atoms with Crippen molar-refractivity contribution in [2.75, 3.05) is 37.4 Å². The van der Waals surface area contributed by atoms with Gasteiger partial charge in [-0.2, -0.15) is 0 Å². The maximum absolute atomic E-state index is 14.0. The van der Waals surface area contributed by atoms with Gasteiger partial charge in [0.2, 0.25) is 5.91 Å². The highest BCUT2D eigenvalue weighted by Gasteiger charge is 2.64. The predicted molar refractivity (Wildman–Crippen MR) is 189 cm³/mol. The number of hydrogen-bond acceptors (Lipinski definition) is 11. The van der Waals surface area contributed by atoms with Crippen molar-refractivity contribution >= 4 is 50.3 Å². The number of nitrogen functional groups attached to an aromatic ring is 1. The fraction of sp³-hybridized carbons (Fsp3) is 0.444. The maximum atomic E-state index is 14.0. The largest absolute Gasteiger partial charge is 0.481 e. The van der Waals surface area contributed by atoms with Gasteiger partial charge in [-0.25, -0.2) is 14.6 Å². The zero-order valence-corrected chi connectivity index (χ0v) is 29.2. The number of allylic oxidation sites excluding steroid dienone is 1. The van der Waals surface area contributed by atoms with Crippen LogP contribution in [-0.4, -0.2) is 70.6 Å². The van der Waals surface area contributed by atoms with Crippen LogP contribution in [0.5, 0.6) is 5.75 Å². The molecule has 2 aromatic heterocycles. The molecule has 5 atom stereocenters. The van der Waals surface area contributed by atoms with Gasteiger partial charge in [-0.15, -0.1) is 0 Å². The molecule has 1 spiro atoms. The van der Waals surface area contributed by atoms with E-state index in [9.17, 15) is 14.4 Å². The highest BCUT2D eigenvalue weighted by molar-refractivity contribution is 8.76. The Bertz CT molecular complexity index is 1930. The van der Waals surface area contributed by atoms with Gasteiger partial charge in [0.25, 0.3) is 0 Å². The summed E-state index contributed by atoms with van der Waals surface area (Å²) in [5.41, 5.74) is 8.25. The molecule has 1 amide bonds. The highest BCUT2D eigenvalue weighted by Crippen LogP contribution is 2.58. The molecule has 1 aromatic carbocycles. The van der Waals surface area contributed by atoms with E-state index in [1.54, 1.807) is 52.9 Å². The number of benzene rings is 1. The minimum absolute atomic E-state index is 0.0524. The fourth-order valence-electron chi connectivity index (χ4n) is 7.72. The van der Waals surface area contributed by atoms with Crippen LogP contribution in [0.15, 0.2) is 69.0 Å². The van der Waals surface area contributed by atoms with Crippen molar-refractivity contribution in [3.63, 3.8) is 0 Å². The molecule has 0 saturated carbocycles. The average Bonchev–Trinajstić information content (AvgIpc) is 3.42. The van der Waals surface area contributed by atoms with Crippen molar-refractivity contribution in [3.8, 4) is 5.75 Å². The molecule has 252 valence electrons. The Labute approximate surface area is 287 Å². The number of rotatable bonds is 4. The molecule has 12 heteroatoms. The van der Waals surface area contributed by atoms with Crippen LogP contribution in [0.4, 0.5) is 5.82 Å². The number of pyridine rings is 1. The molecule has 0 radical (unpaired) electrons. The van der Waals surface area contributed by atoms with Crippen molar-refractivity contribution in [3.05, 3.63) is 86.9 Å². The number of amides is 1. The normalized spacial score (nSPS) is 28.5. The molecule has 48 heavy (non-hydrogen) atoms. The summed E-state index contributed by atoms with van der Waals surface area (Å²) in [6, 6.07) is 8.91. The molecule has 3 N–H and O–H groups in total. The number of hydrogen-bond donors (Lipinski definition) is 2. The van der Waals surface area contributed by atoms with Crippen molar-refractivity contribution in [1.82, 2.24) is 15.2 Å². The van der Waals surface area contributed by atoms with Crippen molar-refractivity contribution in [2.24, 2.45) is 5.92 Å². The fourth-order valence-corrected chi connectivity index (χ4v) is 10.3. The number of esters is 1. The maximum Gasteiger partial charge on any atom is 0.336 e. The van der Waals surface area contributed by atoms with Gasteiger partial charge < -0.3 is 29.8 Å². The molecule has 0 unspecified atom stereocenters. The Balaban J connectivity index is 1.39. The van der Waals surface area contributed by atoms with E-state index in [1.165, 1.54) is 6.07 Å². The number of aromatic nitrogens is 1. The Morgan fingerprint density at radius 2 is 2.06 bits per heavy atom. The monoisotopic (exact) mass is 688 g/mol. The Morgan fingerprint density at radius 3 is 2.85 bits per heavy atom. The topological polar surface area (TPSA) is 137 Å². The van der Waals surface area contributed by atoms with Gasteiger partial charge in [0.05, 0.1) is 12.3 Å². The van der Waals surface area contributed by atoms with Crippen LogP contribution in [0, 0.1) is 5.92 Å². The molecule has 1 saturated heterocycles. The molecule has 0 bridgehead atoms. The first-order valence-electron chi connectivity index (χ1n) is 16.3. The first-order valence-corrected chi connectivity index (χ1v) is 18.8. The molecule has 10 nitrogen and oxygen atoms in total. The van der Waals surface area contributed by atoms with Gasteiger partial charge >= 0.3 is 11.6 Å². The van der Waals surface area contributed by atoms with Gasteiger partial charge in [0, 0.05) is 78.7 Å². The van der Waals surface area contributed by atoms with Crippen LogP contribution < -0.4 is 21.4 Å². The summed E-state index contributed by atoms with van der Waals surface area (Å²) in [7, 11) is 5.50. The quantitative estimate of drug-likeness (QED) is 0.129. The molecule has 5 heterocycles. The Kier molecular flexibility index (Phi) is 8.62. The second-order valence-corrected chi connectivity index (χ2v) is 15.9. The minimum Gasteiger partial charge on any atom is -0.481 e. The number of carbonyl (C=O) groups is 2. The van der Waals surface area contributed by atoms with Crippen molar-refractivity contribution < 1.29 is 23.5 Å². The number of nitrogens with two attached hydrogens (primary N) is 1. The van der Waals surface area contributed by atoms with Gasteiger partial charge in [-0.05, 0) is 62.7 Å². The summed E-state index contributed by atoms with van der Waals surface area (Å²) in [5, 5.41) is 4.05. The van der Waals surface area contributed by atoms with Crippen LogP contribution in [-0.2, 0) is 27.2 Å². The third kappa shape index (κ3) is 5.51. The summed E-state index contributed by atoms with van der Waals surface area (Å²) >= 11 is 0. The van der Waals surface area contributed by atoms with E-state index in [1.807, 2.05) is 37.9 Å². The van der Waals surface area contributed by atoms with E-state index in [0.717, 1.165) is 39.9 Å². The van der Waals surface area contributed by atoms with E-state index in [4.69, 9.17) is 19.6 Å². The molecule has 3 aromatic rings.